The number of ether oxygens (including phenoxy) is 1. The highest BCUT2D eigenvalue weighted by molar-refractivity contribution is 5.81. The second-order valence-corrected chi connectivity index (χ2v) is 7.03. The fraction of sp³-hybridized carbons (Fsp3) is 0.0435. The first-order chi connectivity index (χ1) is 17.0. The number of para-hydroxylation sites is 1. The third-order valence-electron chi connectivity index (χ3n) is 4.58. The van der Waals surface area contributed by atoms with Crippen LogP contribution in [0, 0.1) is 10.1 Å². The van der Waals surface area contributed by atoms with E-state index in [-0.39, 0.29) is 29.3 Å². The van der Waals surface area contributed by atoms with Crippen LogP contribution in [0.2, 0.25) is 0 Å². The highest BCUT2D eigenvalue weighted by Gasteiger charge is 2.09. The molecule has 4 N–H and O–H groups in total. The van der Waals surface area contributed by atoms with Gasteiger partial charge in [-0.25, -0.2) is 5.43 Å². The van der Waals surface area contributed by atoms with Gasteiger partial charge in [-0.2, -0.15) is 20.1 Å². The third-order valence-corrected chi connectivity index (χ3v) is 4.58. The number of rotatable bonds is 9. The van der Waals surface area contributed by atoms with Gasteiger partial charge in [0.2, 0.25) is 17.8 Å². The molecular formula is C23H20N8O4. The van der Waals surface area contributed by atoms with E-state index in [2.05, 4.69) is 36.1 Å². The average molecular weight is 472 g/mol. The van der Waals surface area contributed by atoms with Crippen LogP contribution in [-0.2, 0) is 0 Å². The lowest BCUT2D eigenvalue weighted by Gasteiger charge is -2.10. The maximum Gasteiger partial charge on any atom is 0.269 e. The van der Waals surface area contributed by atoms with Crippen LogP contribution >= 0.6 is 0 Å². The number of nitro groups is 1. The van der Waals surface area contributed by atoms with Gasteiger partial charge in [0.15, 0.2) is 11.5 Å². The minimum atomic E-state index is -0.475. The molecule has 0 bridgehead atoms. The van der Waals surface area contributed by atoms with Crippen LogP contribution in [0.3, 0.4) is 0 Å². The highest BCUT2D eigenvalue weighted by atomic mass is 16.6. The number of phenolic OH excluding ortho intramolecular Hbond substituents is 1. The quantitative estimate of drug-likeness (QED) is 0.156. The summed E-state index contributed by atoms with van der Waals surface area (Å²) in [6.45, 7) is 0. The Labute approximate surface area is 199 Å². The standard InChI is InChI=1S/C23H20N8O4/c1-35-20-12-7-15(13-19(20)32)14-24-30-23-28-21(25-16-5-3-2-4-6-16)27-22(29-23)26-17-8-10-18(11-9-17)31(33)34/h2-14,32H,1H3,(H3,25,26,27,28,29,30)/b24-14-. The molecule has 35 heavy (non-hydrogen) atoms. The van der Waals surface area contributed by atoms with Crippen LogP contribution in [0.1, 0.15) is 5.56 Å². The largest absolute Gasteiger partial charge is 0.504 e. The number of hydrogen-bond donors (Lipinski definition) is 4. The number of nitrogens with one attached hydrogen (secondary N) is 3. The van der Waals surface area contributed by atoms with Crippen LogP contribution < -0.4 is 20.8 Å². The summed E-state index contributed by atoms with van der Waals surface area (Å²) in [5.41, 5.74) is 4.65. The molecule has 176 valence electrons. The minimum absolute atomic E-state index is 0.0134. The topological polar surface area (TPSA) is 160 Å². The van der Waals surface area contributed by atoms with Gasteiger partial charge >= 0.3 is 0 Å². The van der Waals surface area contributed by atoms with E-state index < -0.39 is 4.92 Å². The SMILES string of the molecule is COc1ccc(/C=N\Nc2nc(Nc3ccccc3)nc(Nc3ccc([N+](=O)[O-])cc3)n2)cc1O. The van der Waals surface area contributed by atoms with Crippen molar-refractivity contribution in [2.75, 3.05) is 23.2 Å². The van der Waals surface area contributed by atoms with E-state index in [1.165, 1.54) is 31.5 Å². The molecule has 1 heterocycles. The van der Waals surface area contributed by atoms with Gasteiger partial charge in [0, 0.05) is 23.5 Å². The molecule has 0 unspecified atom stereocenters. The summed E-state index contributed by atoms with van der Waals surface area (Å²) in [6, 6.07) is 20.0. The molecule has 0 fully saturated rings. The molecule has 3 aromatic carbocycles. The van der Waals surface area contributed by atoms with Crippen LogP contribution in [-0.4, -0.2) is 38.3 Å². The maximum absolute atomic E-state index is 10.9. The van der Waals surface area contributed by atoms with Crippen molar-refractivity contribution in [2.24, 2.45) is 5.10 Å². The summed E-state index contributed by atoms with van der Waals surface area (Å²) in [5.74, 6) is 0.908. The summed E-state index contributed by atoms with van der Waals surface area (Å²) >= 11 is 0. The number of aromatic nitrogens is 3. The Balaban J connectivity index is 1.56. The molecule has 0 aliphatic heterocycles. The van der Waals surface area contributed by atoms with Gasteiger partial charge in [-0.05, 0) is 48.0 Å². The summed E-state index contributed by atoms with van der Waals surface area (Å²) in [5, 5.41) is 31.0. The predicted octanol–water partition coefficient (Wildman–Crippen LogP) is 4.43. The molecule has 4 rings (SSSR count). The monoisotopic (exact) mass is 472 g/mol. The Bertz CT molecular complexity index is 1350. The number of hydrogen-bond acceptors (Lipinski definition) is 11. The van der Waals surface area contributed by atoms with Crippen molar-refractivity contribution in [3.63, 3.8) is 0 Å². The number of nitrogens with zero attached hydrogens (tertiary/aromatic N) is 5. The van der Waals surface area contributed by atoms with E-state index in [1.54, 1.807) is 24.3 Å². The van der Waals surface area contributed by atoms with Crippen molar-refractivity contribution in [1.82, 2.24) is 15.0 Å². The number of methoxy groups -OCH3 is 1. The van der Waals surface area contributed by atoms with Crippen molar-refractivity contribution < 1.29 is 14.8 Å². The number of phenols is 1. The Morgan fingerprint density at radius 3 is 2.14 bits per heavy atom. The molecule has 0 aliphatic carbocycles. The lowest BCUT2D eigenvalue weighted by atomic mass is 10.2. The molecule has 0 radical (unpaired) electrons. The first-order valence-corrected chi connectivity index (χ1v) is 10.3. The molecule has 1 aromatic heterocycles. The summed E-state index contributed by atoms with van der Waals surface area (Å²) in [6.07, 6.45) is 1.48. The second kappa shape index (κ2) is 10.6. The lowest BCUT2D eigenvalue weighted by molar-refractivity contribution is -0.384. The highest BCUT2D eigenvalue weighted by Crippen LogP contribution is 2.25. The number of benzene rings is 3. The Hall–Kier alpha value is -5.26. The molecule has 0 spiro atoms. The van der Waals surface area contributed by atoms with E-state index in [1.807, 2.05) is 30.3 Å². The molecule has 12 nitrogen and oxygen atoms in total. The van der Waals surface area contributed by atoms with Crippen LogP contribution in [0.4, 0.5) is 34.9 Å². The molecule has 4 aromatic rings. The fourth-order valence-electron chi connectivity index (χ4n) is 2.94. The number of aromatic hydroxyl groups is 1. The van der Waals surface area contributed by atoms with E-state index >= 15 is 0 Å². The van der Waals surface area contributed by atoms with Crippen molar-refractivity contribution >= 4 is 41.1 Å². The summed E-state index contributed by atoms with van der Waals surface area (Å²) in [7, 11) is 1.47. The number of nitro benzene ring substituents is 1. The normalized spacial score (nSPS) is 10.7. The van der Waals surface area contributed by atoms with Gasteiger partial charge in [0.05, 0.1) is 18.2 Å². The van der Waals surface area contributed by atoms with Crippen molar-refractivity contribution in [2.45, 2.75) is 0 Å². The third kappa shape index (κ3) is 6.16. The first-order valence-electron chi connectivity index (χ1n) is 10.3. The number of hydrazone groups is 1. The Kier molecular flexibility index (Phi) is 6.92. The van der Waals surface area contributed by atoms with Gasteiger partial charge in [-0.3, -0.25) is 10.1 Å². The minimum Gasteiger partial charge on any atom is -0.504 e. The van der Waals surface area contributed by atoms with Crippen LogP contribution in [0.15, 0.2) is 77.9 Å². The Morgan fingerprint density at radius 2 is 1.54 bits per heavy atom. The zero-order chi connectivity index (χ0) is 24.6. The van der Waals surface area contributed by atoms with Gasteiger partial charge in [0.1, 0.15) is 0 Å². The van der Waals surface area contributed by atoms with Gasteiger partial charge in [-0.1, -0.05) is 18.2 Å². The van der Waals surface area contributed by atoms with E-state index in [9.17, 15) is 15.2 Å². The molecule has 0 saturated carbocycles. The Morgan fingerprint density at radius 1 is 0.914 bits per heavy atom. The van der Waals surface area contributed by atoms with Crippen molar-refractivity contribution in [3.05, 3.63) is 88.5 Å². The number of anilines is 5. The van der Waals surface area contributed by atoms with Crippen molar-refractivity contribution in [3.8, 4) is 11.5 Å². The molecule has 12 heteroatoms. The van der Waals surface area contributed by atoms with Gasteiger partial charge in [-0.15, -0.1) is 0 Å². The van der Waals surface area contributed by atoms with Crippen LogP contribution in [0.25, 0.3) is 0 Å². The smallest absolute Gasteiger partial charge is 0.269 e. The van der Waals surface area contributed by atoms with E-state index in [0.29, 0.717) is 17.0 Å². The van der Waals surface area contributed by atoms with E-state index in [4.69, 9.17) is 4.74 Å². The zero-order valence-corrected chi connectivity index (χ0v) is 18.4. The van der Waals surface area contributed by atoms with Crippen molar-refractivity contribution in [1.29, 1.82) is 0 Å². The fourth-order valence-corrected chi connectivity index (χ4v) is 2.94. The molecular weight excluding hydrogens is 452 g/mol. The van der Waals surface area contributed by atoms with Gasteiger partial charge in [0.25, 0.3) is 5.69 Å². The first kappa shape index (κ1) is 22.9. The lowest BCUT2D eigenvalue weighted by Crippen LogP contribution is -2.07. The van der Waals surface area contributed by atoms with E-state index in [0.717, 1.165) is 5.69 Å². The molecule has 0 amide bonds. The van der Waals surface area contributed by atoms with Gasteiger partial charge < -0.3 is 20.5 Å². The van der Waals surface area contributed by atoms with Crippen LogP contribution in [0.5, 0.6) is 11.5 Å². The second-order valence-electron chi connectivity index (χ2n) is 7.03. The average Bonchev–Trinajstić information content (AvgIpc) is 2.85. The predicted molar refractivity (Wildman–Crippen MR) is 132 cm³/mol. The summed E-state index contributed by atoms with van der Waals surface area (Å²) < 4.78 is 5.03. The molecule has 0 atom stereocenters. The molecule has 0 saturated heterocycles. The maximum atomic E-state index is 10.9. The number of non-ortho nitro benzene ring substituents is 1. The zero-order valence-electron chi connectivity index (χ0n) is 18.4. The summed E-state index contributed by atoms with van der Waals surface area (Å²) in [4.78, 5) is 23.4. The molecule has 0 aliphatic rings.